The maximum absolute atomic E-state index is 13.3. The predicted octanol–water partition coefficient (Wildman–Crippen LogP) is 3.09. The van der Waals surface area contributed by atoms with Crippen LogP contribution in [0.25, 0.3) is 0 Å². The first-order chi connectivity index (χ1) is 9.40. The number of amides is 1. The van der Waals surface area contributed by atoms with Crippen LogP contribution in [0.3, 0.4) is 0 Å². The quantitative estimate of drug-likeness (QED) is 0.871. The molecule has 1 aromatic heterocycles. The van der Waals surface area contributed by atoms with Crippen molar-refractivity contribution in [2.24, 2.45) is 5.92 Å². The number of nitrogens with zero attached hydrogens (tertiary/aromatic N) is 2. The minimum absolute atomic E-state index is 0.0797. The Labute approximate surface area is 120 Å². The van der Waals surface area contributed by atoms with E-state index in [1.54, 1.807) is 4.90 Å². The highest BCUT2D eigenvalue weighted by atomic mass is 19.1. The van der Waals surface area contributed by atoms with Crippen molar-refractivity contribution in [2.45, 2.75) is 46.6 Å². The van der Waals surface area contributed by atoms with Gasteiger partial charge in [-0.15, -0.1) is 0 Å². The van der Waals surface area contributed by atoms with Gasteiger partial charge in [0.15, 0.2) is 0 Å². The van der Waals surface area contributed by atoms with E-state index in [2.05, 4.69) is 18.8 Å². The summed E-state index contributed by atoms with van der Waals surface area (Å²) in [6, 6.07) is 1.30. The van der Waals surface area contributed by atoms with Crippen molar-refractivity contribution in [3.8, 4) is 0 Å². The number of carbonyl (C=O) groups is 1. The summed E-state index contributed by atoms with van der Waals surface area (Å²) in [5.74, 6) is -0.369. The smallest absolute Gasteiger partial charge is 0.257 e. The lowest BCUT2D eigenvalue weighted by Gasteiger charge is -2.32. The molecule has 2 N–H and O–H groups in total. The summed E-state index contributed by atoms with van der Waals surface area (Å²) in [5, 5.41) is 0. The molecule has 0 aliphatic carbocycles. The van der Waals surface area contributed by atoms with Crippen molar-refractivity contribution < 1.29 is 9.18 Å². The third-order valence-electron chi connectivity index (χ3n) is 3.32. The van der Waals surface area contributed by atoms with Gasteiger partial charge in [-0.1, -0.05) is 27.7 Å². The summed E-state index contributed by atoms with van der Waals surface area (Å²) in [4.78, 5) is 18.2. The zero-order chi connectivity index (χ0) is 15.3. The van der Waals surface area contributed by atoms with E-state index in [1.165, 1.54) is 6.07 Å². The van der Waals surface area contributed by atoms with Crippen molar-refractivity contribution in [3.63, 3.8) is 0 Å². The van der Waals surface area contributed by atoms with Gasteiger partial charge in [0, 0.05) is 12.6 Å². The third-order valence-corrected chi connectivity index (χ3v) is 3.32. The van der Waals surface area contributed by atoms with Crippen LogP contribution in [0.1, 0.15) is 50.9 Å². The molecule has 0 aliphatic rings. The first kappa shape index (κ1) is 16.4. The second-order valence-electron chi connectivity index (χ2n) is 5.41. The van der Waals surface area contributed by atoms with Gasteiger partial charge in [-0.25, -0.2) is 9.37 Å². The summed E-state index contributed by atoms with van der Waals surface area (Å²) >= 11 is 0. The monoisotopic (exact) mass is 281 g/mol. The number of halogens is 1. The van der Waals surface area contributed by atoms with Crippen LogP contribution in [0.5, 0.6) is 0 Å². The molecular weight excluding hydrogens is 257 g/mol. The third kappa shape index (κ3) is 3.92. The lowest BCUT2D eigenvalue weighted by Crippen LogP contribution is -2.42. The molecular formula is C15H24FN3O. The fourth-order valence-electron chi connectivity index (χ4n) is 2.30. The number of hydrogen-bond acceptors (Lipinski definition) is 3. The van der Waals surface area contributed by atoms with Gasteiger partial charge >= 0.3 is 0 Å². The summed E-state index contributed by atoms with van der Waals surface area (Å²) < 4.78 is 13.3. The van der Waals surface area contributed by atoms with E-state index >= 15 is 0 Å². The topological polar surface area (TPSA) is 59.2 Å². The van der Waals surface area contributed by atoms with Crippen LogP contribution < -0.4 is 5.73 Å². The van der Waals surface area contributed by atoms with Gasteiger partial charge in [0.05, 0.1) is 11.8 Å². The number of nitrogens with two attached hydrogens (primary N) is 1. The van der Waals surface area contributed by atoms with Crippen LogP contribution in [-0.4, -0.2) is 28.4 Å². The lowest BCUT2D eigenvalue weighted by atomic mass is 10.1. The van der Waals surface area contributed by atoms with E-state index in [1.807, 2.05) is 13.8 Å². The predicted molar refractivity (Wildman–Crippen MR) is 78.9 cm³/mol. The molecule has 20 heavy (non-hydrogen) atoms. The number of anilines is 1. The van der Waals surface area contributed by atoms with Gasteiger partial charge in [0.25, 0.3) is 5.91 Å². The molecule has 1 amide bonds. The van der Waals surface area contributed by atoms with E-state index < -0.39 is 5.82 Å². The fourth-order valence-corrected chi connectivity index (χ4v) is 2.30. The van der Waals surface area contributed by atoms with E-state index in [0.717, 1.165) is 19.0 Å². The number of aromatic nitrogens is 1. The second kappa shape index (κ2) is 7.22. The zero-order valence-electron chi connectivity index (χ0n) is 12.7. The van der Waals surface area contributed by atoms with Crippen molar-refractivity contribution in [1.29, 1.82) is 0 Å². The highest BCUT2D eigenvalue weighted by Gasteiger charge is 2.25. The summed E-state index contributed by atoms with van der Waals surface area (Å²) in [6.45, 7) is 8.82. The molecule has 0 fully saturated rings. The van der Waals surface area contributed by atoms with Crippen molar-refractivity contribution in [1.82, 2.24) is 9.88 Å². The van der Waals surface area contributed by atoms with Crippen molar-refractivity contribution in [3.05, 3.63) is 23.6 Å². The molecule has 4 nitrogen and oxygen atoms in total. The fraction of sp³-hybridized carbons (Fsp3) is 0.600. The van der Waals surface area contributed by atoms with Gasteiger partial charge in [0.1, 0.15) is 11.6 Å². The second-order valence-corrected chi connectivity index (χ2v) is 5.41. The van der Waals surface area contributed by atoms with E-state index in [9.17, 15) is 9.18 Å². The van der Waals surface area contributed by atoms with Crippen LogP contribution >= 0.6 is 0 Å². The van der Waals surface area contributed by atoms with E-state index in [4.69, 9.17) is 5.73 Å². The van der Waals surface area contributed by atoms with E-state index in [0.29, 0.717) is 12.5 Å². The van der Waals surface area contributed by atoms with Crippen molar-refractivity contribution in [2.75, 3.05) is 12.3 Å². The van der Waals surface area contributed by atoms with Gasteiger partial charge < -0.3 is 10.6 Å². The van der Waals surface area contributed by atoms with Gasteiger partial charge in [0.2, 0.25) is 0 Å². The Morgan fingerprint density at radius 3 is 2.50 bits per heavy atom. The molecule has 5 heteroatoms. The molecule has 112 valence electrons. The minimum atomic E-state index is -0.545. The Kier molecular flexibility index (Phi) is 5.92. The molecule has 0 unspecified atom stereocenters. The standard InChI is InChI=1S/C15H24FN3O/c1-5-12(6-2)19(9-10(3)4)15(20)13-7-11(16)8-18-14(13)17/h7-8,10,12H,5-6,9H2,1-4H3,(H2,17,18). The Bertz CT molecular complexity index is 458. The summed E-state index contributed by atoms with van der Waals surface area (Å²) in [5.41, 5.74) is 5.87. The number of rotatable bonds is 6. The normalized spacial score (nSPS) is 11.2. The number of nitrogen functional groups attached to an aromatic ring is 1. The molecule has 0 aliphatic heterocycles. The van der Waals surface area contributed by atoms with Crippen molar-refractivity contribution >= 4 is 11.7 Å². The molecule has 1 rings (SSSR count). The van der Waals surface area contributed by atoms with Crippen LogP contribution in [0.4, 0.5) is 10.2 Å². The van der Waals surface area contributed by atoms with Gasteiger partial charge in [-0.3, -0.25) is 4.79 Å². The molecule has 0 atom stereocenters. The number of carbonyl (C=O) groups excluding carboxylic acids is 1. The first-order valence-corrected chi connectivity index (χ1v) is 7.12. The molecule has 0 spiro atoms. The van der Waals surface area contributed by atoms with Crippen LogP contribution in [0.15, 0.2) is 12.3 Å². The molecule has 0 bridgehead atoms. The van der Waals surface area contributed by atoms with Gasteiger partial charge in [-0.05, 0) is 24.8 Å². The van der Waals surface area contributed by atoms with Crippen LogP contribution in [-0.2, 0) is 0 Å². The first-order valence-electron chi connectivity index (χ1n) is 7.12. The largest absolute Gasteiger partial charge is 0.383 e. The molecule has 0 saturated carbocycles. The van der Waals surface area contributed by atoms with Gasteiger partial charge in [-0.2, -0.15) is 0 Å². The Balaban J connectivity index is 3.12. The molecule has 1 aromatic rings. The number of hydrogen-bond donors (Lipinski definition) is 1. The highest BCUT2D eigenvalue weighted by molar-refractivity contribution is 5.98. The van der Waals surface area contributed by atoms with E-state index in [-0.39, 0.29) is 23.3 Å². The molecule has 0 radical (unpaired) electrons. The Hall–Kier alpha value is -1.65. The maximum atomic E-state index is 13.3. The lowest BCUT2D eigenvalue weighted by molar-refractivity contribution is 0.0640. The maximum Gasteiger partial charge on any atom is 0.257 e. The SMILES string of the molecule is CCC(CC)N(CC(C)C)C(=O)c1cc(F)cnc1N. The number of pyridine rings is 1. The average Bonchev–Trinajstić information content (AvgIpc) is 2.40. The summed E-state index contributed by atoms with van der Waals surface area (Å²) in [7, 11) is 0. The highest BCUT2D eigenvalue weighted by Crippen LogP contribution is 2.19. The molecule has 0 saturated heterocycles. The molecule has 0 aromatic carbocycles. The average molecular weight is 281 g/mol. The Morgan fingerprint density at radius 1 is 1.40 bits per heavy atom. The van der Waals surface area contributed by atoms with Crippen LogP contribution in [0, 0.1) is 11.7 Å². The molecule has 1 heterocycles. The summed E-state index contributed by atoms with van der Waals surface area (Å²) in [6.07, 6.45) is 2.74. The zero-order valence-corrected chi connectivity index (χ0v) is 12.7. The Morgan fingerprint density at radius 2 is 2.00 bits per heavy atom. The minimum Gasteiger partial charge on any atom is -0.383 e. The van der Waals surface area contributed by atoms with Crippen LogP contribution in [0.2, 0.25) is 0 Å².